The Kier molecular flexibility index (Phi) is 6.12. The third-order valence-corrected chi connectivity index (χ3v) is 8.19. The van der Waals surface area contributed by atoms with Gasteiger partial charge in [-0.25, -0.2) is 14.4 Å². The van der Waals surface area contributed by atoms with Crippen molar-refractivity contribution in [3.63, 3.8) is 0 Å². The molecular formula is C25H25FN4OS2. The molecule has 0 aliphatic carbocycles. The van der Waals surface area contributed by atoms with E-state index in [4.69, 9.17) is 0 Å². The Morgan fingerprint density at radius 3 is 2.73 bits per heavy atom. The highest BCUT2D eigenvalue weighted by molar-refractivity contribution is 7.22. The molecule has 0 saturated carbocycles. The molecule has 1 fully saturated rings. The molecule has 8 heteroatoms. The number of para-hydroxylation sites is 1. The number of aryl methyl sites for hydroxylation is 1. The maximum atomic E-state index is 13.7. The number of hydrogen-bond donors (Lipinski definition) is 1. The van der Waals surface area contributed by atoms with Crippen LogP contribution in [0.4, 0.5) is 9.52 Å². The Hall–Kier alpha value is -2.84. The summed E-state index contributed by atoms with van der Waals surface area (Å²) in [6.45, 7) is 5.45. The van der Waals surface area contributed by atoms with Gasteiger partial charge in [-0.2, -0.15) is 0 Å². The number of nitrogens with one attached hydrogen (secondary N) is 1. The fourth-order valence-corrected chi connectivity index (χ4v) is 6.25. The van der Waals surface area contributed by atoms with Crippen molar-refractivity contribution in [3.8, 4) is 10.4 Å². The zero-order chi connectivity index (χ0) is 22.9. The molecule has 33 heavy (non-hydrogen) atoms. The van der Waals surface area contributed by atoms with Crippen LogP contribution in [0.1, 0.15) is 35.3 Å². The quantitative estimate of drug-likeness (QED) is 0.368. The monoisotopic (exact) mass is 480 g/mol. The van der Waals surface area contributed by atoms with Crippen molar-refractivity contribution < 1.29 is 9.18 Å². The smallest absolute Gasteiger partial charge is 0.274 e. The van der Waals surface area contributed by atoms with Crippen LogP contribution in [-0.4, -0.2) is 39.9 Å². The van der Waals surface area contributed by atoms with Gasteiger partial charge in [0.2, 0.25) is 0 Å². The van der Waals surface area contributed by atoms with Crippen LogP contribution >= 0.6 is 22.7 Å². The molecule has 2 aromatic heterocycles. The van der Waals surface area contributed by atoms with E-state index in [0.29, 0.717) is 24.7 Å². The lowest BCUT2D eigenvalue weighted by atomic mass is 9.90. The molecule has 0 unspecified atom stereocenters. The van der Waals surface area contributed by atoms with E-state index in [-0.39, 0.29) is 17.8 Å². The number of hydrogen-bond acceptors (Lipinski definition) is 6. The number of anilines is 1. The summed E-state index contributed by atoms with van der Waals surface area (Å²) in [4.78, 5) is 25.8. The highest BCUT2D eigenvalue weighted by Crippen LogP contribution is 2.34. The predicted molar refractivity (Wildman–Crippen MR) is 134 cm³/mol. The molecule has 0 spiro atoms. The molecule has 4 aromatic rings. The van der Waals surface area contributed by atoms with E-state index in [9.17, 15) is 9.18 Å². The van der Waals surface area contributed by atoms with Gasteiger partial charge in [0.25, 0.3) is 5.91 Å². The maximum Gasteiger partial charge on any atom is 0.274 e. The minimum atomic E-state index is -0.293. The molecule has 1 N–H and O–H groups in total. The number of carbonyl (C=O) groups is 1. The number of nitrogens with zero attached hydrogens (tertiary/aromatic N) is 3. The summed E-state index contributed by atoms with van der Waals surface area (Å²) in [5, 5.41) is 5.18. The van der Waals surface area contributed by atoms with E-state index in [1.807, 2.05) is 30.0 Å². The molecule has 2 atom stereocenters. The Morgan fingerprint density at radius 2 is 1.94 bits per heavy atom. The van der Waals surface area contributed by atoms with Crippen molar-refractivity contribution in [3.05, 3.63) is 65.0 Å². The average Bonchev–Trinajstić information content (AvgIpc) is 3.41. The fourth-order valence-electron chi connectivity index (χ4n) is 4.46. The van der Waals surface area contributed by atoms with E-state index in [0.717, 1.165) is 43.6 Å². The van der Waals surface area contributed by atoms with E-state index in [1.165, 1.54) is 23.5 Å². The van der Waals surface area contributed by atoms with Crippen LogP contribution in [0, 0.1) is 18.7 Å². The molecule has 0 bridgehead atoms. The van der Waals surface area contributed by atoms with E-state index in [1.54, 1.807) is 23.5 Å². The SMILES string of the molecule is Cc1nc(C(=O)N2CCC[C@H](C)[C@@H]2CNc2nc3ccccc3s2)c(-c2ccc(F)cc2)s1. The highest BCUT2D eigenvalue weighted by atomic mass is 32.1. The molecular weight excluding hydrogens is 455 g/mol. The minimum absolute atomic E-state index is 0.0429. The third-order valence-electron chi connectivity index (χ3n) is 6.18. The third kappa shape index (κ3) is 4.50. The van der Waals surface area contributed by atoms with E-state index < -0.39 is 0 Å². The molecule has 1 aliphatic rings. The Labute approximate surface area is 200 Å². The first-order chi connectivity index (χ1) is 16.0. The van der Waals surface area contributed by atoms with Gasteiger partial charge in [-0.05, 0) is 55.5 Å². The topological polar surface area (TPSA) is 58.1 Å². The van der Waals surface area contributed by atoms with Gasteiger partial charge in [0.15, 0.2) is 5.13 Å². The lowest BCUT2D eigenvalue weighted by molar-refractivity contribution is 0.0535. The molecule has 5 nitrogen and oxygen atoms in total. The van der Waals surface area contributed by atoms with Crippen LogP contribution < -0.4 is 5.32 Å². The Morgan fingerprint density at radius 1 is 1.15 bits per heavy atom. The molecule has 3 heterocycles. The largest absolute Gasteiger partial charge is 0.359 e. The van der Waals surface area contributed by atoms with Crippen molar-refractivity contribution >= 4 is 43.9 Å². The predicted octanol–water partition coefficient (Wildman–Crippen LogP) is 6.22. The van der Waals surface area contributed by atoms with Gasteiger partial charge in [-0.1, -0.05) is 42.5 Å². The standard InChI is InChI=1S/C25H25FN4OS2/c1-15-6-5-13-30(20(15)14-27-25-29-19-7-3-4-8-21(19)33-25)24(31)22-23(32-16(2)28-22)17-9-11-18(26)12-10-17/h3-4,7-12,15,20H,5-6,13-14H2,1-2H3,(H,27,29)/t15-,20-/m0/s1. The first-order valence-electron chi connectivity index (χ1n) is 11.1. The van der Waals surface area contributed by atoms with E-state index in [2.05, 4.69) is 28.3 Å². The first kappa shape index (κ1) is 22.0. The lowest BCUT2D eigenvalue weighted by Crippen LogP contribution is -2.51. The van der Waals surface area contributed by atoms with Crippen LogP contribution in [-0.2, 0) is 0 Å². The number of carbonyl (C=O) groups excluding carboxylic acids is 1. The van der Waals surface area contributed by atoms with Gasteiger partial charge in [-0.3, -0.25) is 4.79 Å². The molecule has 170 valence electrons. The normalized spacial score (nSPS) is 18.6. The Balaban J connectivity index is 1.39. The second-order valence-corrected chi connectivity index (χ2v) is 10.7. The second-order valence-electron chi connectivity index (χ2n) is 8.47. The van der Waals surface area contributed by atoms with Gasteiger partial charge in [-0.15, -0.1) is 11.3 Å². The van der Waals surface area contributed by atoms with Crippen molar-refractivity contribution in [2.45, 2.75) is 32.7 Å². The number of thiazole rings is 2. The minimum Gasteiger partial charge on any atom is -0.359 e. The van der Waals surface area contributed by atoms with Crippen molar-refractivity contribution in [2.24, 2.45) is 5.92 Å². The number of rotatable bonds is 5. The second kappa shape index (κ2) is 9.19. The molecule has 5 rings (SSSR count). The van der Waals surface area contributed by atoms with Crippen molar-refractivity contribution in [2.75, 3.05) is 18.4 Å². The maximum absolute atomic E-state index is 13.7. The Bertz CT molecular complexity index is 1250. The van der Waals surface area contributed by atoms with Crippen LogP contribution in [0.5, 0.6) is 0 Å². The van der Waals surface area contributed by atoms with Gasteiger partial charge in [0, 0.05) is 13.1 Å². The lowest BCUT2D eigenvalue weighted by Gasteiger charge is -2.40. The van der Waals surface area contributed by atoms with Crippen molar-refractivity contribution in [1.29, 1.82) is 0 Å². The summed E-state index contributed by atoms with van der Waals surface area (Å²) in [6.07, 6.45) is 2.05. The van der Waals surface area contributed by atoms with Crippen molar-refractivity contribution in [1.82, 2.24) is 14.9 Å². The van der Waals surface area contributed by atoms with Gasteiger partial charge >= 0.3 is 0 Å². The van der Waals surface area contributed by atoms with Crippen LogP contribution in [0.15, 0.2) is 48.5 Å². The molecule has 0 radical (unpaired) electrons. The summed E-state index contributed by atoms with van der Waals surface area (Å²) < 4.78 is 14.6. The van der Waals surface area contributed by atoms with Gasteiger partial charge < -0.3 is 10.2 Å². The number of aromatic nitrogens is 2. The summed E-state index contributed by atoms with van der Waals surface area (Å²) in [5.41, 5.74) is 2.26. The zero-order valence-corrected chi connectivity index (χ0v) is 20.2. The zero-order valence-electron chi connectivity index (χ0n) is 18.5. The fraction of sp³-hybridized carbons (Fsp3) is 0.320. The van der Waals surface area contributed by atoms with Gasteiger partial charge in [0.05, 0.1) is 26.1 Å². The van der Waals surface area contributed by atoms with Crippen LogP contribution in [0.25, 0.3) is 20.7 Å². The number of likely N-dealkylation sites (tertiary alicyclic amines) is 1. The number of amides is 1. The highest BCUT2D eigenvalue weighted by Gasteiger charge is 2.34. The number of halogens is 1. The number of fused-ring (bicyclic) bond motifs is 1. The summed E-state index contributed by atoms with van der Waals surface area (Å²) in [7, 11) is 0. The van der Waals surface area contributed by atoms with Gasteiger partial charge in [0.1, 0.15) is 11.5 Å². The summed E-state index contributed by atoms with van der Waals surface area (Å²) in [5.74, 6) is 0.0126. The van der Waals surface area contributed by atoms with E-state index >= 15 is 0 Å². The number of benzene rings is 2. The molecule has 1 saturated heterocycles. The number of piperidine rings is 1. The molecule has 1 aliphatic heterocycles. The molecule has 2 aromatic carbocycles. The average molecular weight is 481 g/mol. The summed E-state index contributed by atoms with van der Waals surface area (Å²) in [6, 6.07) is 14.4. The summed E-state index contributed by atoms with van der Waals surface area (Å²) >= 11 is 3.11. The first-order valence-corrected chi connectivity index (χ1v) is 12.8. The van der Waals surface area contributed by atoms with Crippen LogP contribution in [0.3, 0.4) is 0 Å². The molecule has 1 amide bonds. The van der Waals surface area contributed by atoms with Crippen LogP contribution in [0.2, 0.25) is 0 Å².